The molecule has 0 aromatic heterocycles. The maximum Gasteiger partial charge on any atom is 0.325 e. The van der Waals surface area contributed by atoms with Crippen molar-refractivity contribution in [1.29, 1.82) is 21.6 Å². The molecule has 0 aliphatic rings. The van der Waals surface area contributed by atoms with Crippen molar-refractivity contribution in [2.45, 2.75) is 203 Å². The lowest BCUT2D eigenvalue weighted by Gasteiger charge is -2.25. The van der Waals surface area contributed by atoms with Crippen molar-refractivity contribution in [3.8, 4) is 0 Å². The third-order valence-corrected chi connectivity index (χ3v) is 15.6. The quantitative estimate of drug-likeness (QED) is 0.0153. The molecular formula is C62H106N28O25. The molecule has 14 atom stereocenters. The number of hydrogen-bond donors (Lipinski definition) is 33. The lowest BCUT2D eigenvalue weighted by molar-refractivity contribution is -0.143. The van der Waals surface area contributed by atoms with E-state index in [0.717, 1.165) is 34.6 Å². The second-order valence-corrected chi connectivity index (χ2v) is 25.6. The van der Waals surface area contributed by atoms with E-state index in [2.05, 4.69) is 90.4 Å². The highest BCUT2D eigenvalue weighted by Gasteiger charge is 2.36. The van der Waals surface area contributed by atoms with Gasteiger partial charge >= 0.3 is 29.8 Å². The molecule has 0 saturated carbocycles. The lowest BCUT2D eigenvalue weighted by atomic mass is 10.1. The summed E-state index contributed by atoms with van der Waals surface area (Å²) in [5.74, 6) is -27.0. The number of nitrogens with one attached hydrogen (secondary N) is 23. The Morgan fingerprint density at radius 1 is 0.261 bits per heavy atom. The Bertz CT molecular complexity index is 3550. The zero-order chi connectivity index (χ0) is 88.1. The first kappa shape index (κ1) is 101. The Labute approximate surface area is 655 Å². The Balaban J connectivity index is 6.39. The molecule has 644 valence electrons. The first-order valence-electron chi connectivity index (χ1n) is 35.2. The Morgan fingerprint density at radius 3 is 0.713 bits per heavy atom. The standard InChI is InChI=1S/C62H106N28O25/c1-25(78-50(106)31(63)11-7-15-72-59(64)65)48(104)89-37(21-43(97)98)56(112)81-26(2)45(101)86-32(12-8-16-73-60(66)67)51(107)76-23-39(91)84-35(19-41(93)94)54(110)80-28(4)47(103)88-34(14-10-18-75-62(70)71)53(109)79-29(5)49(105)90-38(22-44(99)100)57(113)82-27(3)46(102)87-33(13-9-17-74-61(68)69)52(108)77-24-40(92)85-36(20-42(95)96)55(111)83-30(6)58(114)115/h25-38H,7-24,63H2,1-6H3,(H,76,107)(H,77,108)(H,78,106)(H,79,109)(H,80,110)(H,81,112)(H,82,113)(H,83,111)(H,84,91)(H,85,92)(H,86,101)(H,87,102)(H,88,103)(H,89,104)(H,90,105)(H,93,94)(H,95,96)(H,97,98)(H,99,100)(H,114,115)(H4,64,65,72)(H4,66,67,73)(H4,68,69,74)(H4,70,71,75)/t25-,26-,27-,28-,29-,30-,31-,32-,33-,34-,35-,36-,37-,38-/m0/s1. The van der Waals surface area contributed by atoms with Crippen molar-refractivity contribution >= 4 is 142 Å². The summed E-state index contributed by atoms with van der Waals surface area (Å²) in [7, 11) is 0. The van der Waals surface area contributed by atoms with Gasteiger partial charge in [-0.05, 0) is 92.9 Å². The lowest BCUT2D eigenvalue weighted by Crippen LogP contribution is -2.59. The summed E-state index contributed by atoms with van der Waals surface area (Å²) in [5.41, 5.74) is 27.1. The van der Waals surface area contributed by atoms with E-state index in [1.165, 1.54) is 6.92 Å². The first-order chi connectivity index (χ1) is 53.5. The van der Waals surface area contributed by atoms with Crippen LogP contribution in [-0.4, -0.2) is 292 Å². The average molecular weight is 1640 g/mol. The van der Waals surface area contributed by atoms with Gasteiger partial charge in [0, 0.05) is 26.2 Å². The van der Waals surface area contributed by atoms with E-state index in [4.69, 9.17) is 55.4 Å². The largest absolute Gasteiger partial charge is 0.481 e. The number of carbonyl (C=O) groups is 20. The van der Waals surface area contributed by atoms with Gasteiger partial charge in [-0.2, -0.15) is 0 Å². The molecule has 0 spiro atoms. The second-order valence-electron chi connectivity index (χ2n) is 25.6. The summed E-state index contributed by atoms with van der Waals surface area (Å²) in [5, 5.41) is 120. The normalized spacial score (nSPS) is 14.3. The van der Waals surface area contributed by atoms with Gasteiger partial charge in [0.25, 0.3) is 0 Å². The number of carbonyl (C=O) groups excluding carboxylic acids is 15. The van der Waals surface area contributed by atoms with Crippen LogP contribution in [0.5, 0.6) is 0 Å². The van der Waals surface area contributed by atoms with E-state index < -0.39 is 260 Å². The number of aliphatic carboxylic acids is 5. The first-order valence-corrected chi connectivity index (χ1v) is 35.2. The highest BCUT2D eigenvalue weighted by molar-refractivity contribution is 6.01. The maximum atomic E-state index is 13.9. The second kappa shape index (κ2) is 52.6. The van der Waals surface area contributed by atoms with Gasteiger partial charge in [-0.25, -0.2) is 0 Å². The summed E-state index contributed by atoms with van der Waals surface area (Å²) in [6, 6.07) is -23.1. The average Bonchev–Trinajstić information content (AvgIpc) is 0.872. The summed E-state index contributed by atoms with van der Waals surface area (Å²) in [4.78, 5) is 259. The van der Waals surface area contributed by atoms with Gasteiger partial charge < -0.3 is 155 Å². The topological polar surface area (TPSA) is 897 Å². The molecule has 0 aliphatic carbocycles. The molecule has 0 heterocycles. The highest BCUT2D eigenvalue weighted by Crippen LogP contribution is 2.07. The van der Waals surface area contributed by atoms with Crippen LogP contribution >= 0.6 is 0 Å². The number of carboxylic acid groups (broad SMARTS) is 5. The van der Waals surface area contributed by atoms with E-state index in [-0.39, 0.29) is 77.1 Å². The summed E-state index contributed by atoms with van der Waals surface area (Å²) in [6.45, 7) is 4.58. The van der Waals surface area contributed by atoms with E-state index in [0.29, 0.717) is 6.42 Å². The van der Waals surface area contributed by atoms with E-state index in [1.807, 2.05) is 10.6 Å². The van der Waals surface area contributed by atoms with Crippen molar-refractivity contribution in [2.75, 3.05) is 39.3 Å². The number of carboxylic acids is 5. The molecule has 0 aliphatic heterocycles. The molecule has 0 aromatic rings. The molecule has 38 N–H and O–H groups in total. The fourth-order valence-electron chi connectivity index (χ4n) is 9.44. The zero-order valence-corrected chi connectivity index (χ0v) is 63.6. The molecule has 0 rings (SSSR count). The van der Waals surface area contributed by atoms with Gasteiger partial charge in [0.2, 0.25) is 88.6 Å². The van der Waals surface area contributed by atoms with Crippen molar-refractivity contribution in [2.24, 2.45) is 28.7 Å². The van der Waals surface area contributed by atoms with Crippen LogP contribution in [0.1, 0.15) is 119 Å². The van der Waals surface area contributed by atoms with Crippen molar-refractivity contribution in [1.82, 2.24) is 101 Å². The van der Waals surface area contributed by atoms with Crippen LogP contribution in [0.25, 0.3) is 0 Å². The molecule has 0 unspecified atom stereocenters. The highest BCUT2D eigenvalue weighted by atomic mass is 16.4. The van der Waals surface area contributed by atoms with Crippen LogP contribution in [0.2, 0.25) is 0 Å². The predicted molar refractivity (Wildman–Crippen MR) is 396 cm³/mol. The molecule has 115 heavy (non-hydrogen) atoms. The summed E-state index contributed by atoms with van der Waals surface area (Å²) >= 11 is 0. The van der Waals surface area contributed by atoms with E-state index >= 15 is 0 Å². The van der Waals surface area contributed by atoms with Crippen LogP contribution in [0.3, 0.4) is 0 Å². The van der Waals surface area contributed by atoms with Crippen LogP contribution in [0.4, 0.5) is 0 Å². The van der Waals surface area contributed by atoms with Crippen molar-refractivity contribution in [3.63, 3.8) is 0 Å². The van der Waals surface area contributed by atoms with Crippen LogP contribution in [0, 0.1) is 21.6 Å². The monoisotopic (exact) mass is 1640 g/mol. The van der Waals surface area contributed by atoms with Gasteiger partial charge in [0.05, 0.1) is 44.8 Å². The number of guanidine groups is 4. The summed E-state index contributed by atoms with van der Waals surface area (Å²) in [6.07, 6.45) is -4.88. The fraction of sp³-hybridized carbons (Fsp3) is 0.613. The number of nitrogens with two attached hydrogens (primary N) is 5. The minimum Gasteiger partial charge on any atom is -0.481 e. The molecule has 0 saturated heterocycles. The van der Waals surface area contributed by atoms with Gasteiger partial charge in [-0.15, -0.1) is 0 Å². The third-order valence-electron chi connectivity index (χ3n) is 15.6. The van der Waals surface area contributed by atoms with Crippen molar-refractivity contribution in [3.05, 3.63) is 0 Å². The maximum absolute atomic E-state index is 13.9. The van der Waals surface area contributed by atoms with Gasteiger partial charge in [-0.1, -0.05) is 0 Å². The Morgan fingerprint density at radius 2 is 0.470 bits per heavy atom. The predicted octanol–water partition coefficient (Wildman–Crippen LogP) is -14.0. The van der Waals surface area contributed by atoms with Crippen molar-refractivity contribution < 1.29 is 121 Å². The molecule has 0 aromatic carbocycles. The van der Waals surface area contributed by atoms with E-state index in [1.54, 1.807) is 0 Å². The number of hydrogen-bond acceptors (Lipinski definition) is 25. The smallest absolute Gasteiger partial charge is 0.325 e. The zero-order valence-electron chi connectivity index (χ0n) is 63.6. The minimum absolute atomic E-state index is 0.00213. The van der Waals surface area contributed by atoms with Crippen LogP contribution in [-0.2, 0) is 95.9 Å². The Hall–Kier alpha value is -13.6. The molecule has 15 amide bonds. The molecule has 53 nitrogen and oxygen atoms in total. The number of rotatable bonds is 55. The molecule has 0 fully saturated rings. The van der Waals surface area contributed by atoms with E-state index in [9.17, 15) is 116 Å². The molecule has 0 radical (unpaired) electrons. The Kier molecular flexibility index (Phi) is 46.4. The van der Waals surface area contributed by atoms with Gasteiger partial charge in [0.1, 0.15) is 78.5 Å². The molecule has 53 heteroatoms. The van der Waals surface area contributed by atoms with Gasteiger partial charge in [-0.3, -0.25) is 118 Å². The molecule has 0 bridgehead atoms. The third kappa shape index (κ3) is 44.2. The fourth-order valence-corrected chi connectivity index (χ4v) is 9.44. The minimum atomic E-state index is -2.01. The summed E-state index contributed by atoms with van der Waals surface area (Å²) < 4.78 is 0. The number of amides is 15. The van der Waals surface area contributed by atoms with Crippen LogP contribution < -0.4 is 130 Å². The molecular weight excluding hydrogens is 1540 g/mol. The van der Waals surface area contributed by atoms with Gasteiger partial charge in [0.15, 0.2) is 23.8 Å². The van der Waals surface area contributed by atoms with Crippen LogP contribution in [0.15, 0.2) is 0 Å². The SMILES string of the molecule is C[C@H](NC(=O)[C@H](CC(=O)O)NC(=O)CNC(=O)[C@H](CCCNC(=N)N)NC(=O)[C@H](C)NC(=O)[C@H](CC(=O)O)NC(=O)[C@H](C)NC(=O)[C@H](CCCNC(=N)N)NC(=O)[C@H](C)NC(=O)[C@H](CC(=O)O)NC(=O)CNC(=O)[C@H](CCCNC(=N)N)NC(=O)[C@H](C)NC(=O)[C@H](CC(=O)O)NC(=O)[C@H](C)NC(=O)[C@@H](N)CCCNC(=N)N)C(=O)O.